The van der Waals surface area contributed by atoms with Crippen molar-refractivity contribution in [2.45, 2.75) is 37.4 Å². The molecule has 1 aromatic rings. The highest BCUT2D eigenvalue weighted by molar-refractivity contribution is 5.23. The van der Waals surface area contributed by atoms with Crippen LogP contribution in [0.25, 0.3) is 0 Å². The zero-order valence-corrected chi connectivity index (χ0v) is 13.8. The molecular formula is C17H23N3O5. The molecule has 0 spiro atoms. The molecule has 0 aromatic carbocycles. The van der Waals surface area contributed by atoms with E-state index >= 15 is 0 Å². The molecule has 1 aliphatic heterocycles. The van der Waals surface area contributed by atoms with E-state index in [1.807, 2.05) is 0 Å². The Kier molecular flexibility index (Phi) is 4.36. The van der Waals surface area contributed by atoms with E-state index in [-0.39, 0.29) is 12.4 Å². The third-order valence-corrected chi connectivity index (χ3v) is 5.54. The van der Waals surface area contributed by atoms with Gasteiger partial charge in [-0.15, -0.1) is 0 Å². The van der Waals surface area contributed by atoms with Crippen LogP contribution in [0.2, 0.25) is 0 Å². The lowest BCUT2D eigenvalue weighted by atomic mass is 9.94. The highest BCUT2D eigenvalue weighted by Crippen LogP contribution is 2.44. The van der Waals surface area contributed by atoms with Crippen molar-refractivity contribution >= 4 is 5.82 Å². The largest absolute Gasteiger partial charge is 0.394 e. The zero-order chi connectivity index (χ0) is 17.6. The molecule has 0 radical (unpaired) electrons. The number of aliphatic hydroxyl groups excluding tert-OH is 2. The number of nitrogens with two attached hydrogens (primary N) is 1. The van der Waals surface area contributed by atoms with Gasteiger partial charge < -0.3 is 25.4 Å². The van der Waals surface area contributed by atoms with Crippen LogP contribution < -0.4 is 11.4 Å². The lowest BCUT2D eigenvalue weighted by Gasteiger charge is -2.25. The summed E-state index contributed by atoms with van der Waals surface area (Å²) in [5, 5.41) is 19.9. The molecule has 2 heterocycles. The van der Waals surface area contributed by atoms with E-state index in [0.717, 1.165) is 6.42 Å². The van der Waals surface area contributed by atoms with Crippen molar-refractivity contribution < 1.29 is 19.7 Å². The Bertz CT molecular complexity index is 720. The van der Waals surface area contributed by atoms with Gasteiger partial charge in [0.2, 0.25) is 0 Å². The summed E-state index contributed by atoms with van der Waals surface area (Å²) in [6.07, 6.45) is 4.81. The van der Waals surface area contributed by atoms with E-state index in [2.05, 4.69) is 17.1 Å². The molecule has 4 N–H and O–H groups in total. The molecule has 25 heavy (non-hydrogen) atoms. The topological polar surface area (TPSA) is 120 Å². The summed E-state index contributed by atoms with van der Waals surface area (Å²) in [5.41, 5.74) is 4.95. The third kappa shape index (κ3) is 2.99. The molecular weight excluding hydrogens is 326 g/mol. The summed E-state index contributed by atoms with van der Waals surface area (Å²) in [6, 6.07) is 1.49. The van der Waals surface area contributed by atoms with Crippen LogP contribution in [0.15, 0.2) is 29.2 Å². The quantitative estimate of drug-likeness (QED) is 0.623. The van der Waals surface area contributed by atoms with Gasteiger partial charge in [-0.3, -0.25) is 4.57 Å². The van der Waals surface area contributed by atoms with Crippen molar-refractivity contribution in [3.05, 3.63) is 34.9 Å². The van der Waals surface area contributed by atoms with E-state index in [4.69, 9.17) is 15.2 Å². The molecule has 2 aliphatic carbocycles. The van der Waals surface area contributed by atoms with Crippen molar-refractivity contribution in [2.75, 3.05) is 18.9 Å². The predicted molar refractivity (Wildman–Crippen MR) is 88.5 cm³/mol. The summed E-state index contributed by atoms with van der Waals surface area (Å²) < 4.78 is 12.9. The van der Waals surface area contributed by atoms with Crippen molar-refractivity contribution in [3.63, 3.8) is 0 Å². The summed E-state index contributed by atoms with van der Waals surface area (Å²) in [7, 11) is 0. The number of aromatic nitrogens is 2. The van der Waals surface area contributed by atoms with E-state index < -0.39 is 30.2 Å². The Labute approximate surface area is 144 Å². The maximum absolute atomic E-state index is 12.1. The first-order valence-corrected chi connectivity index (χ1v) is 8.66. The first kappa shape index (κ1) is 16.7. The van der Waals surface area contributed by atoms with Gasteiger partial charge in [0, 0.05) is 6.20 Å². The average Bonchev–Trinajstić information content (AvgIpc) is 3.28. The molecule has 136 valence electrons. The number of hydrogen-bond donors (Lipinski definition) is 3. The fourth-order valence-electron chi connectivity index (χ4n) is 4.21. The molecule has 0 amide bonds. The molecule has 8 heteroatoms. The first-order valence-electron chi connectivity index (χ1n) is 8.66. The molecule has 1 saturated heterocycles. The Balaban J connectivity index is 1.52. The summed E-state index contributed by atoms with van der Waals surface area (Å²) in [4.78, 5) is 15.8. The molecule has 8 nitrogen and oxygen atoms in total. The van der Waals surface area contributed by atoms with Crippen LogP contribution in [-0.2, 0) is 9.47 Å². The van der Waals surface area contributed by atoms with Gasteiger partial charge in [0.1, 0.15) is 24.1 Å². The van der Waals surface area contributed by atoms with E-state index in [1.165, 1.54) is 23.3 Å². The first-order chi connectivity index (χ1) is 12.1. The number of ether oxygens (including phenoxy) is 2. The number of aliphatic hydroxyl groups is 2. The minimum atomic E-state index is -1.02. The van der Waals surface area contributed by atoms with Gasteiger partial charge in [0.15, 0.2) is 6.23 Å². The molecule has 3 unspecified atom stereocenters. The number of rotatable bonds is 5. The minimum absolute atomic E-state index is 0.115. The van der Waals surface area contributed by atoms with Gasteiger partial charge in [-0.05, 0) is 36.7 Å². The molecule has 2 fully saturated rings. The van der Waals surface area contributed by atoms with Gasteiger partial charge in [-0.2, -0.15) is 4.98 Å². The van der Waals surface area contributed by atoms with Gasteiger partial charge in [0.05, 0.1) is 13.2 Å². The Hall–Kier alpha value is -1.74. The molecule has 3 aliphatic rings. The van der Waals surface area contributed by atoms with Gasteiger partial charge >= 0.3 is 5.69 Å². The Morgan fingerprint density at radius 1 is 1.40 bits per heavy atom. The zero-order valence-electron chi connectivity index (χ0n) is 13.8. The summed E-state index contributed by atoms with van der Waals surface area (Å²) in [5.74, 6) is 1.69. The standard InChI is InChI=1S/C17H23N3O5/c18-13-3-4-20(17(23)19-13)16-15(14(22)12(7-21)25-16)24-8-11-6-9-1-2-10(11)5-9/h1-4,9-12,14-16,21-22H,5-8H2,(H2,18,19,23)/t9?,10?,11?,12-,14-,15-,16-/m1/s1. The minimum Gasteiger partial charge on any atom is -0.394 e. The van der Waals surface area contributed by atoms with Crippen LogP contribution in [-0.4, -0.2) is 51.3 Å². The fraction of sp³-hybridized carbons (Fsp3) is 0.647. The highest BCUT2D eigenvalue weighted by atomic mass is 16.6. The molecule has 1 saturated carbocycles. The number of nitrogen functional groups attached to an aromatic ring is 1. The second kappa shape index (κ2) is 6.53. The Morgan fingerprint density at radius 3 is 2.88 bits per heavy atom. The Morgan fingerprint density at radius 2 is 2.24 bits per heavy atom. The smallest absolute Gasteiger partial charge is 0.351 e. The van der Waals surface area contributed by atoms with Crippen LogP contribution in [0.4, 0.5) is 5.82 Å². The molecule has 2 bridgehead atoms. The predicted octanol–water partition coefficient (Wildman–Crippen LogP) is -0.327. The van der Waals surface area contributed by atoms with Crippen LogP contribution in [0.3, 0.4) is 0 Å². The van der Waals surface area contributed by atoms with E-state index in [1.54, 1.807) is 0 Å². The van der Waals surface area contributed by atoms with Crippen LogP contribution >= 0.6 is 0 Å². The lowest BCUT2D eigenvalue weighted by molar-refractivity contribution is -0.0830. The highest BCUT2D eigenvalue weighted by Gasteiger charge is 2.46. The molecule has 7 atom stereocenters. The number of allylic oxidation sites excluding steroid dienone is 2. The normalized spacial score (nSPS) is 39.4. The number of hydrogen-bond acceptors (Lipinski definition) is 7. The maximum Gasteiger partial charge on any atom is 0.351 e. The van der Waals surface area contributed by atoms with Crippen LogP contribution in [0.5, 0.6) is 0 Å². The average molecular weight is 349 g/mol. The lowest BCUT2D eigenvalue weighted by Crippen LogP contribution is -2.39. The number of nitrogens with zero attached hydrogens (tertiary/aromatic N) is 2. The van der Waals surface area contributed by atoms with Crippen molar-refractivity contribution in [3.8, 4) is 0 Å². The maximum atomic E-state index is 12.1. The monoisotopic (exact) mass is 349 g/mol. The van der Waals surface area contributed by atoms with Gasteiger partial charge in [-0.25, -0.2) is 4.79 Å². The van der Waals surface area contributed by atoms with Crippen molar-refractivity contribution in [2.24, 2.45) is 17.8 Å². The van der Waals surface area contributed by atoms with Crippen LogP contribution in [0, 0.1) is 17.8 Å². The molecule has 4 rings (SSSR count). The summed E-state index contributed by atoms with van der Waals surface area (Å²) in [6.45, 7) is 0.133. The fourth-order valence-corrected chi connectivity index (χ4v) is 4.21. The van der Waals surface area contributed by atoms with E-state index in [0.29, 0.717) is 24.4 Å². The second-order valence-electron chi connectivity index (χ2n) is 7.12. The third-order valence-electron chi connectivity index (χ3n) is 5.54. The van der Waals surface area contributed by atoms with Crippen LogP contribution in [0.1, 0.15) is 19.1 Å². The van der Waals surface area contributed by atoms with Gasteiger partial charge in [0.25, 0.3) is 0 Å². The number of anilines is 1. The van der Waals surface area contributed by atoms with Crippen molar-refractivity contribution in [1.82, 2.24) is 9.55 Å². The van der Waals surface area contributed by atoms with Crippen molar-refractivity contribution in [1.29, 1.82) is 0 Å². The number of fused-ring (bicyclic) bond motifs is 2. The van der Waals surface area contributed by atoms with Gasteiger partial charge in [-0.1, -0.05) is 12.2 Å². The molecule has 1 aromatic heterocycles. The van der Waals surface area contributed by atoms with E-state index in [9.17, 15) is 15.0 Å². The SMILES string of the molecule is Nc1ccn([C@@H]2O[C@H](CO)[C@@H](O)[C@H]2OCC2CC3C=CC2C3)c(=O)n1. The second-order valence-corrected chi connectivity index (χ2v) is 7.12. The summed E-state index contributed by atoms with van der Waals surface area (Å²) >= 11 is 0.